The van der Waals surface area contributed by atoms with E-state index in [1.54, 1.807) is 19.4 Å². The van der Waals surface area contributed by atoms with Crippen LogP contribution in [0.15, 0.2) is 18.3 Å². The molecule has 18 heavy (non-hydrogen) atoms. The van der Waals surface area contributed by atoms with Crippen LogP contribution in [0.3, 0.4) is 0 Å². The topological polar surface area (TPSA) is 90.9 Å². The highest BCUT2D eigenvalue weighted by Crippen LogP contribution is 2.13. The molecule has 0 aliphatic carbocycles. The van der Waals surface area contributed by atoms with Gasteiger partial charge >= 0.3 is 0 Å². The highest BCUT2D eigenvalue weighted by Gasteiger charge is 2.03. The Morgan fingerprint density at radius 2 is 2.28 bits per heavy atom. The van der Waals surface area contributed by atoms with Gasteiger partial charge in [-0.3, -0.25) is 4.68 Å². The molecule has 2 aromatic heterocycles. The van der Waals surface area contributed by atoms with Crippen molar-refractivity contribution in [1.29, 1.82) is 0 Å². The van der Waals surface area contributed by atoms with Gasteiger partial charge in [0.2, 0.25) is 11.8 Å². The Kier molecular flexibility index (Phi) is 3.61. The molecule has 0 aliphatic rings. The van der Waals surface area contributed by atoms with Crippen LogP contribution >= 0.6 is 0 Å². The first-order valence-corrected chi connectivity index (χ1v) is 5.58. The Labute approximate surface area is 105 Å². The molecule has 2 aromatic rings. The van der Waals surface area contributed by atoms with Gasteiger partial charge in [0.25, 0.3) is 0 Å². The molecule has 7 heteroatoms. The molecule has 2 rings (SSSR count). The number of hydrogen-bond acceptors (Lipinski definition) is 6. The molecular weight excluding hydrogens is 232 g/mol. The molecule has 0 unspecified atom stereocenters. The lowest BCUT2D eigenvalue weighted by Gasteiger charge is -2.07. The van der Waals surface area contributed by atoms with Crippen LogP contribution in [0.25, 0.3) is 0 Å². The predicted octanol–water partition coefficient (Wildman–Crippen LogP) is 0.455. The molecule has 0 bridgehead atoms. The smallest absolute Gasteiger partial charge is 0.225 e. The average molecular weight is 248 g/mol. The van der Waals surface area contributed by atoms with E-state index in [0.29, 0.717) is 11.7 Å². The first-order valence-electron chi connectivity index (χ1n) is 5.58. The van der Waals surface area contributed by atoms with Gasteiger partial charge in [-0.25, -0.2) is 0 Å². The van der Waals surface area contributed by atoms with E-state index in [1.807, 2.05) is 17.8 Å². The zero-order valence-corrected chi connectivity index (χ0v) is 10.4. The maximum Gasteiger partial charge on any atom is 0.225 e. The highest BCUT2D eigenvalue weighted by atomic mass is 16.5. The summed E-state index contributed by atoms with van der Waals surface area (Å²) < 4.78 is 6.87. The van der Waals surface area contributed by atoms with E-state index in [2.05, 4.69) is 20.4 Å². The van der Waals surface area contributed by atoms with Crippen LogP contribution in [0, 0.1) is 0 Å². The minimum Gasteiger partial charge on any atom is -0.481 e. The molecule has 7 nitrogen and oxygen atoms in total. The summed E-state index contributed by atoms with van der Waals surface area (Å²) in [5, 5.41) is 7.28. The van der Waals surface area contributed by atoms with Crippen molar-refractivity contribution in [2.24, 2.45) is 7.05 Å². The molecular formula is C11H16N6O. The number of aromatic nitrogens is 4. The summed E-state index contributed by atoms with van der Waals surface area (Å²) in [6, 6.07) is 3.69. The summed E-state index contributed by atoms with van der Waals surface area (Å²) in [5.41, 5.74) is 6.72. The number of aryl methyl sites for hydroxylation is 1. The third kappa shape index (κ3) is 2.88. The number of methoxy groups -OCH3 is 1. The molecule has 96 valence electrons. The predicted molar refractivity (Wildman–Crippen MR) is 68.4 cm³/mol. The van der Waals surface area contributed by atoms with Crippen LogP contribution in [-0.2, 0) is 13.5 Å². The number of rotatable bonds is 5. The molecule has 3 N–H and O–H groups in total. The summed E-state index contributed by atoms with van der Waals surface area (Å²) >= 11 is 0. The van der Waals surface area contributed by atoms with Crippen molar-refractivity contribution in [3.8, 4) is 5.88 Å². The lowest BCUT2D eigenvalue weighted by Crippen LogP contribution is -2.10. The van der Waals surface area contributed by atoms with Crippen LogP contribution in [0.5, 0.6) is 5.88 Å². The SMILES string of the molecule is COc1cc(NCCc2ccnn2C)nc(N)n1. The number of nitrogens with one attached hydrogen (secondary N) is 1. The van der Waals surface area contributed by atoms with E-state index < -0.39 is 0 Å². The van der Waals surface area contributed by atoms with E-state index >= 15 is 0 Å². The second-order valence-corrected chi connectivity index (χ2v) is 3.78. The zero-order valence-electron chi connectivity index (χ0n) is 10.4. The van der Waals surface area contributed by atoms with E-state index in [-0.39, 0.29) is 5.95 Å². The van der Waals surface area contributed by atoms with Crippen molar-refractivity contribution in [2.45, 2.75) is 6.42 Å². The third-order valence-corrected chi connectivity index (χ3v) is 2.54. The Morgan fingerprint density at radius 1 is 1.44 bits per heavy atom. The van der Waals surface area contributed by atoms with Gasteiger partial charge in [-0.2, -0.15) is 15.1 Å². The van der Waals surface area contributed by atoms with Crippen LogP contribution in [0.1, 0.15) is 5.69 Å². The molecule has 0 radical (unpaired) electrons. The van der Waals surface area contributed by atoms with Crippen LogP contribution in [0.2, 0.25) is 0 Å². The first kappa shape index (κ1) is 12.2. The molecule has 0 aromatic carbocycles. The quantitative estimate of drug-likeness (QED) is 0.798. The highest BCUT2D eigenvalue weighted by molar-refractivity contribution is 5.42. The minimum atomic E-state index is 0.192. The van der Waals surface area contributed by atoms with E-state index in [1.165, 1.54) is 0 Å². The van der Waals surface area contributed by atoms with E-state index in [9.17, 15) is 0 Å². The van der Waals surface area contributed by atoms with Gasteiger partial charge in [-0.15, -0.1) is 0 Å². The molecule has 0 fully saturated rings. The summed E-state index contributed by atoms with van der Waals surface area (Å²) in [7, 11) is 3.46. The van der Waals surface area contributed by atoms with Gasteiger partial charge in [0.15, 0.2) is 0 Å². The van der Waals surface area contributed by atoms with Crippen molar-refractivity contribution >= 4 is 11.8 Å². The standard InChI is InChI=1S/C11H16N6O/c1-17-8(4-6-14-17)3-5-13-9-7-10(18-2)16-11(12)15-9/h4,6-7H,3,5H2,1-2H3,(H3,12,13,15,16). The lowest BCUT2D eigenvalue weighted by atomic mass is 10.3. The van der Waals surface area contributed by atoms with Crippen LogP contribution < -0.4 is 15.8 Å². The van der Waals surface area contributed by atoms with Crippen molar-refractivity contribution < 1.29 is 4.74 Å². The average Bonchev–Trinajstić information content (AvgIpc) is 2.74. The number of nitrogens with two attached hydrogens (primary N) is 1. The fourth-order valence-corrected chi connectivity index (χ4v) is 1.60. The van der Waals surface area contributed by atoms with Gasteiger partial charge in [0, 0.05) is 38.0 Å². The maximum atomic E-state index is 5.57. The second kappa shape index (κ2) is 5.35. The Morgan fingerprint density at radius 3 is 2.94 bits per heavy atom. The number of hydrogen-bond donors (Lipinski definition) is 2. The van der Waals surface area contributed by atoms with E-state index in [0.717, 1.165) is 18.7 Å². The second-order valence-electron chi connectivity index (χ2n) is 3.78. The third-order valence-electron chi connectivity index (χ3n) is 2.54. The first-order chi connectivity index (χ1) is 8.69. The molecule has 0 saturated carbocycles. The molecule has 2 heterocycles. The van der Waals surface area contributed by atoms with Crippen molar-refractivity contribution in [3.63, 3.8) is 0 Å². The maximum absolute atomic E-state index is 5.57. The molecule has 0 amide bonds. The molecule has 0 saturated heterocycles. The summed E-state index contributed by atoms with van der Waals surface area (Å²) in [4.78, 5) is 7.99. The Bertz CT molecular complexity index is 524. The fraction of sp³-hybridized carbons (Fsp3) is 0.364. The fourth-order valence-electron chi connectivity index (χ4n) is 1.60. The minimum absolute atomic E-state index is 0.192. The van der Waals surface area contributed by atoms with Crippen molar-refractivity contribution in [3.05, 3.63) is 24.0 Å². The Hall–Kier alpha value is -2.31. The van der Waals surface area contributed by atoms with Crippen LogP contribution in [-0.4, -0.2) is 33.4 Å². The number of ether oxygens (including phenoxy) is 1. The van der Waals surface area contributed by atoms with Gasteiger partial charge in [0.1, 0.15) is 5.82 Å². The van der Waals surface area contributed by atoms with Crippen molar-refractivity contribution in [2.75, 3.05) is 24.7 Å². The number of nitrogen functional groups attached to an aromatic ring is 1. The molecule has 0 spiro atoms. The number of nitrogens with zero attached hydrogens (tertiary/aromatic N) is 4. The molecule has 0 aliphatic heterocycles. The summed E-state index contributed by atoms with van der Waals surface area (Å²) in [6.07, 6.45) is 2.63. The van der Waals surface area contributed by atoms with Gasteiger partial charge in [-0.05, 0) is 6.07 Å². The molecule has 0 atom stereocenters. The van der Waals surface area contributed by atoms with Gasteiger partial charge in [0.05, 0.1) is 7.11 Å². The van der Waals surface area contributed by atoms with E-state index in [4.69, 9.17) is 10.5 Å². The monoisotopic (exact) mass is 248 g/mol. The van der Waals surface area contributed by atoms with Gasteiger partial charge < -0.3 is 15.8 Å². The Balaban J connectivity index is 1.94. The normalized spacial score (nSPS) is 10.3. The summed E-state index contributed by atoms with van der Waals surface area (Å²) in [6.45, 7) is 0.735. The van der Waals surface area contributed by atoms with Crippen molar-refractivity contribution in [1.82, 2.24) is 19.7 Å². The summed E-state index contributed by atoms with van der Waals surface area (Å²) in [5.74, 6) is 1.30. The number of anilines is 2. The van der Waals surface area contributed by atoms with Gasteiger partial charge in [-0.1, -0.05) is 0 Å². The largest absolute Gasteiger partial charge is 0.481 e. The lowest BCUT2D eigenvalue weighted by molar-refractivity contribution is 0.398. The van der Waals surface area contributed by atoms with Crippen LogP contribution in [0.4, 0.5) is 11.8 Å². The zero-order chi connectivity index (χ0) is 13.0.